The number of nitrogens with two attached hydrogens (primary N) is 1. The number of carbonyl (C=O) groups excluding carboxylic acids is 1. The van der Waals surface area contributed by atoms with E-state index in [2.05, 4.69) is 4.72 Å². The van der Waals surface area contributed by atoms with E-state index in [9.17, 15) is 13.2 Å². The lowest BCUT2D eigenvalue weighted by molar-refractivity contribution is 0.0748. The minimum Gasteiger partial charge on any atom is -0.338 e. The number of rotatable bonds is 5. The normalized spacial score (nSPS) is 13.7. The van der Waals surface area contributed by atoms with Crippen molar-refractivity contribution in [3.05, 3.63) is 29.8 Å². The fourth-order valence-corrected chi connectivity index (χ4v) is 3.22. The summed E-state index contributed by atoms with van der Waals surface area (Å²) in [5.41, 5.74) is 5.41. The van der Waals surface area contributed by atoms with Crippen LogP contribution in [0.3, 0.4) is 0 Å². The van der Waals surface area contributed by atoms with Crippen LogP contribution in [0.1, 0.15) is 38.1 Å². The van der Waals surface area contributed by atoms with Crippen molar-refractivity contribution >= 4 is 15.9 Å². The Morgan fingerprint density at radius 1 is 1.27 bits per heavy atom. The molecule has 7 heteroatoms. The van der Waals surface area contributed by atoms with Gasteiger partial charge in [-0.05, 0) is 52.0 Å². The highest BCUT2D eigenvalue weighted by atomic mass is 32.2. The highest BCUT2D eigenvalue weighted by Gasteiger charge is 2.23. The highest BCUT2D eigenvalue weighted by Crippen LogP contribution is 2.15. The van der Waals surface area contributed by atoms with Crippen molar-refractivity contribution in [1.29, 1.82) is 0 Å². The van der Waals surface area contributed by atoms with Crippen LogP contribution in [0.15, 0.2) is 29.2 Å². The number of nitrogens with one attached hydrogen (secondary N) is 1. The second-order valence-corrected chi connectivity index (χ2v) is 8.06. The second kappa shape index (κ2) is 6.76. The Labute approximate surface area is 132 Å². The third-order valence-corrected chi connectivity index (χ3v) is 4.95. The predicted octanol–water partition coefficient (Wildman–Crippen LogP) is 1.18. The van der Waals surface area contributed by atoms with Crippen molar-refractivity contribution in [3.8, 4) is 0 Å². The molecule has 6 nitrogen and oxygen atoms in total. The van der Waals surface area contributed by atoms with Gasteiger partial charge in [-0.3, -0.25) is 4.79 Å². The molecule has 0 fully saturated rings. The van der Waals surface area contributed by atoms with Gasteiger partial charge in [-0.15, -0.1) is 0 Å². The first-order valence-corrected chi connectivity index (χ1v) is 8.57. The average Bonchev–Trinajstić information content (AvgIpc) is 2.42. The Morgan fingerprint density at radius 2 is 1.77 bits per heavy atom. The molecule has 1 rings (SSSR count). The van der Waals surface area contributed by atoms with Crippen molar-refractivity contribution < 1.29 is 13.2 Å². The quantitative estimate of drug-likeness (QED) is 0.849. The lowest BCUT2D eigenvalue weighted by atomic mass is 10.1. The largest absolute Gasteiger partial charge is 0.338 e. The summed E-state index contributed by atoms with van der Waals surface area (Å²) >= 11 is 0. The fraction of sp³-hybridized carbons (Fsp3) is 0.533. The summed E-state index contributed by atoms with van der Waals surface area (Å²) in [6, 6.07) is 5.81. The smallest absolute Gasteiger partial charge is 0.253 e. The maximum atomic E-state index is 12.2. The summed E-state index contributed by atoms with van der Waals surface area (Å²) in [7, 11) is -1.92. The van der Waals surface area contributed by atoms with Gasteiger partial charge in [-0.2, -0.15) is 0 Å². The molecular weight excluding hydrogens is 302 g/mol. The standard InChI is InChI=1S/C15H25N3O3S/c1-11(10-16)18(5)14(19)12-6-8-13(9-7-12)22(20,21)17-15(2,3)4/h6-9,11,17H,10,16H2,1-5H3. The van der Waals surface area contributed by atoms with E-state index >= 15 is 0 Å². The van der Waals surface area contributed by atoms with Gasteiger partial charge in [0.1, 0.15) is 0 Å². The fourth-order valence-electron chi connectivity index (χ4n) is 1.80. The van der Waals surface area contributed by atoms with Crippen LogP contribution in [-0.4, -0.2) is 44.4 Å². The molecule has 0 aliphatic heterocycles. The zero-order chi connectivity index (χ0) is 17.1. The summed E-state index contributed by atoms with van der Waals surface area (Å²) in [5.74, 6) is -0.189. The maximum Gasteiger partial charge on any atom is 0.253 e. The molecular formula is C15H25N3O3S. The van der Waals surface area contributed by atoms with Gasteiger partial charge in [0.15, 0.2) is 0 Å². The van der Waals surface area contributed by atoms with E-state index in [0.29, 0.717) is 12.1 Å². The van der Waals surface area contributed by atoms with Gasteiger partial charge in [0, 0.05) is 30.7 Å². The zero-order valence-electron chi connectivity index (χ0n) is 13.8. The van der Waals surface area contributed by atoms with Gasteiger partial charge in [0.25, 0.3) is 5.91 Å². The zero-order valence-corrected chi connectivity index (χ0v) is 14.6. The number of carbonyl (C=O) groups is 1. The van der Waals surface area contributed by atoms with Crippen molar-refractivity contribution in [2.45, 2.75) is 44.2 Å². The summed E-state index contributed by atoms with van der Waals surface area (Å²) in [5, 5.41) is 0. The summed E-state index contributed by atoms with van der Waals surface area (Å²) in [6.07, 6.45) is 0. The molecule has 124 valence electrons. The minimum atomic E-state index is -3.60. The molecule has 1 aromatic rings. The third-order valence-electron chi connectivity index (χ3n) is 3.17. The molecule has 1 aromatic carbocycles. The third kappa shape index (κ3) is 4.79. The average molecular weight is 327 g/mol. The molecule has 22 heavy (non-hydrogen) atoms. The number of hydrogen-bond acceptors (Lipinski definition) is 4. The van der Waals surface area contributed by atoms with Crippen molar-refractivity contribution in [2.75, 3.05) is 13.6 Å². The molecule has 1 atom stereocenters. The summed E-state index contributed by atoms with van der Waals surface area (Å²) < 4.78 is 27.0. The van der Waals surface area contributed by atoms with Crippen LogP contribution in [-0.2, 0) is 10.0 Å². The molecule has 3 N–H and O–H groups in total. The molecule has 0 radical (unpaired) electrons. The molecule has 0 aliphatic rings. The number of likely N-dealkylation sites (N-methyl/N-ethyl adjacent to an activating group) is 1. The molecule has 1 unspecified atom stereocenters. The van der Waals surface area contributed by atoms with Gasteiger partial charge in [0.2, 0.25) is 10.0 Å². The van der Waals surface area contributed by atoms with Crippen LogP contribution in [0, 0.1) is 0 Å². The SMILES string of the molecule is CC(CN)N(C)C(=O)c1ccc(S(=O)(=O)NC(C)(C)C)cc1. The van der Waals surface area contributed by atoms with E-state index in [1.807, 2.05) is 6.92 Å². The van der Waals surface area contributed by atoms with Crippen LogP contribution < -0.4 is 10.5 Å². The molecule has 0 saturated carbocycles. The van der Waals surface area contributed by atoms with Crippen molar-refractivity contribution in [1.82, 2.24) is 9.62 Å². The molecule has 0 spiro atoms. The molecule has 0 saturated heterocycles. The molecule has 0 bridgehead atoms. The molecule has 0 aliphatic carbocycles. The number of benzene rings is 1. The van der Waals surface area contributed by atoms with Gasteiger partial charge in [0.05, 0.1) is 4.90 Å². The number of hydrogen-bond donors (Lipinski definition) is 2. The van der Waals surface area contributed by atoms with Crippen LogP contribution in [0.2, 0.25) is 0 Å². The molecule has 0 aromatic heterocycles. The summed E-state index contributed by atoms with van der Waals surface area (Å²) in [6.45, 7) is 7.52. The Kier molecular flexibility index (Phi) is 5.72. The van der Waals surface area contributed by atoms with Crippen LogP contribution in [0.4, 0.5) is 0 Å². The van der Waals surface area contributed by atoms with E-state index in [1.54, 1.807) is 27.8 Å². The maximum absolute atomic E-state index is 12.2. The van der Waals surface area contributed by atoms with Crippen molar-refractivity contribution in [2.24, 2.45) is 5.73 Å². The van der Waals surface area contributed by atoms with Crippen LogP contribution >= 0.6 is 0 Å². The minimum absolute atomic E-state index is 0.0848. The molecule has 1 amide bonds. The van der Waals surface area contributed by atoms with Crippen molar-refractivity contribution in [3.63, 3.8) is 0 Å². The van der Waals surface area contributed by atoms with Gasteiger partial charge in [-0.1, -0.05) is 0 Å². The van der Waals surface area contributed by atoms with E-state index in [0.717, 1.165) is 0 Å². The lowest BCUT2D eigenvalue weighted by Crippen LogP contribution is -2.40. The predicted molar refractivity (Wildman–Crippen MR) is 87.1 cm³/mol. The van der Waals surface area contributed by atoms with Gasteiger partial charge in [-0.25, -0.2) is 13.1 Å². The monoisotopic (exact) mass is 327 g/mol. The first-order valence-electron chi connectivity index (χ1n) is 7.09. The summed E-state index contributed by atoms with van der Waals surface area (Å²) in [4.78, 5) is 13.9. The van der Waals surface area contributed by atoms with Gasteiger partial charge < -0.3 is 10.6 Å². The van der Waals surface area contributed by atoms with Crippen LogP contribution in [0.25, 0.3) is 0 Å². The van der Waals surface area contributed by atoms with E-state index < -0.39 is 15.6 Å². The first kappa shape index (κ1) is 18.6. The van der Waals surface area contributed by atoms with E-state index in [4.69, 9.17) is 5.73 Å². The van der Waals surface area contributed by atoms with Crippen LogP contribution in [0.5, 0.6) is 0 Å². The highest BCUT2D eigenvalue weighted by molar-refractivity contribution is 7.89. The van der Waals surface area contributed by atoms with E-state index in [1.165, 1.54) is 29.2 Å². The molecule has 0 heterocycles. The lowest BCUT2D eigenvalue weighted by Gasteiger charge is -2.24. The number of sulfonamides is 1. The topological polar surface area (TPSA) is 92.5 Å². The Balaban J connectivity index is 2.98. The Bertz CT molecular complexity index is 618. The van der Waals surface area contributed by atoms with Gasteiger partial charge >= 0.3 is 0 Å². The Hall–Kier alpha value is -1.44. The Morgan fingerprint density at radius 3 is 2.18 bits per heavy atom. The van der Waals surface area contributed by atoms with E-state index in [-0.39, 0.29) is 16.8 Å². The first-order chi connectivity index (χ1) is 9.98. The number of nitrogens with zero attached hydrogens (tertiary/aromatic N) is 1. The second-order valence-electron chi connectivity index (χ2n) is 6.38. The number of amides is 1.